The maximum Gasteiger partial charge on any atom is 0.243 e. The summed E-state index contributed by atoms with van der Waals surface area (Å²) in [5.74, 6) is -0.652. The number of rotatable bonds is 6. The molecule has 1 N–H and O–H groups in total. The lowest BCUT2D eigenvalue weighted by Gasteiger charge is -2.30. The Kier molecular flexibility index (Phi) is 6.34. The summed E-state index contributed by atoms with van der Waals surface area (Å²) >= 11 is 0. The minimum Gasteiger partial charge on any atom is -0.326 e. The average molecular weight is 469 g/mol. The van der Waals surface area contributed by atoms with Crippen molar-refractivity contribution in [2.45, 2.75) is 31.6 Å². The Morgan fingerprint density at radius 2 is 1.85 bits per heavy atom. The van der Waals surface area contributed by atoms with Crippen molar-refractivity contribution in [1.29, 1.82) is 0 Å². The first kappa shape index (κ1) is 22.7. The van der Waals surface area contributed by atoms with Crippen molar-refractivity contribution < 1.29 is 18.0 Å². The van der Waals surface area contributed by atoms with Crippen molar-refractivity contribution in [3.63, 3.8) is 0 Å². The van der Waals surface area contributed by atoms with Crippen LogP contribution >= 0.6 is 0 Å². The molecule has 1 aliphatic heterocycles. The Balaban J connectivity index is 1.42. The zero-order valence-corrected chi connectivity index (χ0v) is 19.1. The average Bonchev–Trinajstić information content (AvgIpc) is 3.35. The van der Waals surface area contributed by atoms with Crippen molar-refractivity contribution in [3.8, 4) is 5.69 Å². The van der Waals surface area contributed by atoms with Gasteiger partial charge in [-0.2, -0.15) is 4.31 Å². The Bertz CT molecular complexity index is 1280. The number of anilines is 1. The van der Waals surface area contributed by atoms with E-state index in [0.29, 0.717) is 24.1 Å². The second-order valence-corrected chi connectivity index (χ2v) is 9.94. The van der Waals surface area contributed by atoms with Crippen LogP contribution in [0.1, 0.15) is 35.7 Å². The van der Waals surface area contributed by atoms with Crippen molar-refractivity contribution >= 4 is 27.4 Å². The summed E-state index contributed by atoms with van der Waals surface area (Å²) in [6.07, 6.45) is 2.28. The van der Waals surface area contributed by atoms with Crippen LogP contribution in [0, 0.1) is 12.8 Å². The van der Waals surface area contributed by atoms with E-state index < -0.39 is 10.0 Å². The number of aryl methyl sites for hydroxylation is 1. The van der Waals surface area contributed by atoms with Crippen LogP contribution in [0.4, 0.5) is 5.69 Å². The van der Waals surface area contributed by atoms with E-state index in [1.165, 1.54) is 34.4 Å². The van der Waals surface area contributed by atoms with Crippen LogP contribution in [-0.4, -0.2) is 57.7 Å². The van der Waals surface area contributed by atoms with Crippen LogP contribution in [0.2, 0.25) is 0 Å². The maximum atomic E-state index is 13.0. The number of amides is 1. The minimum absolute atomic E-state index is 0.0909. The third-order valence-electron chi connectivity index (χ3n) is 5.80. The molecule has 1 aromatic heterocycles. The van der Waals surface area contributed by atoms with Crippen LogP contribution in [0.3, 0.4) is 0 Å². The Labute approximate surface area is 191 Å². The fraction of sp³-hybridized carbons (Fsp3) is 0.318. The van der Waals surface area contributed by atoms with E-state index in [-0.39, 0.29) is 35.6 Å². The molecule has 2 heterocycles. The normalized spacial score (nSPS) is 15.3. The molecule has 33 heavy (non-hydrogen) atoms. The lowest BCUT2D eigenvalue weighted by atomic mass is 9.97. The summed E-state index contributed by atoms with van der Waals surface area (Å²) in [5.41, 5.74) is 2.62. The largest absolute Gasteiger partial charge is 0.326 e. The van der Waals surface area contributed by atoms with Gasteiger partial charge < -0.3 is 5.32 Å². The van der Waals surface area contributed by atoms with E-state index in [2.05, 4.69) is 20.8 Å². The molecule has 1 aliphatic rings. The van der Waals surface area contributed by atoms with Gasteiger partial charge in [-0.1, -0.05) is 18.2 Å². The molecular formula is C22H24N6O4S. The summed E-state index contributed by atoms with van der Waals surface area (Å²) in [5, 5.41) is 14.1. The van der Waals surface area contributed by atoms with E-state index >= 15 is 0 Å². The van der Waals surface area contributed by atoms with Gasteiger partial charge in [0, 0.05) is 30.3 Å². The van der Waals surface area contributed by atoms with Gasteiger partial charge in [0.1, 0.15) is 6.33 Å². The van der Waals surface area contributed by atoms with Crippen LogP contribution in [0.5, 0.6) is 0 Å². The number of hydrogen-bond acceptors (Lipinski definition) is 7. The second kappa shape index (κ2) is 9.20. The topological polar surface area (TPSA) is 127 Å². The van der Waals surface area contributed by atoms with E-state index in [0.717, 1.165) is 11.3 Å². The first-order valence-electron chi connectivity index (χ1n) is 10.5. The smallest absolute Gasteiger partial charge is 0.243 e. The second-order valence-electron chi connectivity index (χ2n) is 8.01. The van der Waals surface area contributed by atoms with E-state index in [1.807, 2.05) is 19.1 Å². The molecule has 0 spiro atoms. The molecule has 0 aliphatic carbocycles. The molecule has 0 atom stereocenters. The lowest BCUT2D eigenvalue weighted by molar-refractivity contribution is -0.120. The number of carbonyl (C=O) groups excluding carboxylic acids is 2. The van der Waals surface area contributed by atoms with Gasteiger partial charge in [0.2, 0.25) is 15.9 Å². The van der Waals surface area contributed by atoms with Crippen molar-refractivity contribution in [3.05, 3.63) is 59.9 Å². The van der Waals surface area contributed by atoms with Gasteiger partial charge in [0.05, 0.1) is 10.6 Å². The highest BCUT2D eigenvalue weighted by molar-refractivity contribution is 7.89. The lowest BCUT2D eigenvalue weighted by Crippen LogP contribution is -2.41. The van der Waals surface area contributed by atoms with Crippen LogP contribution in [-0.2, 0) is 14.8 Å². The molecule has 1 amide bonds. The number of tetrazole rings is 1. The van der Waals surface area contributed by atoms with E-state index in [9.17, 15) is 18.0 Å². The van der Waals surface area contributed by atoms with Crippen molar-refractivity contribution in [2.24, 2.45) is 5.92 Å². The fourth-order valence-corrected chi connectivity index (χ4v) is 5.30. The number of hydrogen-bond donors (Lipinski definition) is 1. The zero-order valence-electron chi connectivity index (χ0n) is 18.3. The number of carbonyl (C=O) groups is 2. The quantitative estimate of drug-likeness (QED) is 0.550. The zero-order chi connectivity index (χ0) is 23.6. The highest BCUT2D eigenvalue weighted by atomic mass is 32.2. The third kappa shape index (κ3) is 4.83. The minimum atomic E-state index is -3.74. The molecule has 0 unspecified atom stereocenters. The molecule has 172 valence electrons. The number of nitrogens with zero attached hydrogens (tertiary/aromatic N) is 5. The van der Waals surface area contributed by atoms with Crippen LogP contribution in [0.15, 0.2) is 53.7 Å². The van der Waals surface area contributed by atoms with Crippen LogP contribution < -0.4 is 5.32 Å². The van der Waals surface area contributed by atoms with Crippen LogP contribution in [0.25, 0.3) is 5.69 Å². The molecule has 0 bridgehead atoms. The van der Waals surface area contributed by atoms with Gasteiger partial charge in [-0.25, -0.2) is 13.1 Å². The Hall–Kier alpha value is -3.44. The van der Waals surface area contributed by atoms with E-state index in [1.54, 1.807) is 18.2 Å². The fourth-order valence-electron chi connectivity index (χ4n) is 3.78. The first-order chi connectivity index (χ1) is 15.8. The number of nitrogens with one attached hydrogen (secondary N) is 1. The third-order valence-corrected chi connectivity index (χ3v) is 7.69. The number of Topliss-reactive ketones (excluding diaryl/α,β-unsaturated/α-hetero) is 1. The number of sulfonamides is 1. The predicted octanol–water partition coefficient (Wildman–Crippen LogP) is 2.21. The van der Waals surface area contributed by atoms with Gasteiger partial charge in [0.15, 0.2) is 5.78 Å². The van der Waals surface area contributed by atoms with Crippen molar-refractivity contribution in [1.82, 2.24) is 24.5 Å². The molecule has 3 aromatic rings. The molecule has 10 nitrogen and oxygen atoms in total. The maximum absolute atomic E-state index is 13.0. The van der Waals surface area contributed by atoms with Gasteiger partial charge in [-0.3, -0.25) is 9.59 Å². The molecule has 1 saturated heterocycles. The summed E-state index contributed by atoms with van der Waals surface area (Å²) < 4.78 is 28.9. The highest BCUT2D eigenvalue weighted by Crippen LogP contribution is 2.26. The number of piperidine rings is 1. The molecule has 4 rings (SSSR count). The summed E-state index contributed by atoms with van der Waals surface area (Å²) in [7, 11) is -3.74. The molecule has 11 heteroatoms. The number of benzene rings is 2. The van der Waals surface area contributed by atoms with Crippen molar-refractivity contribution in [2.75, 3.05) is 18.4 Å². The summed E-state index contributed by atoms with van der Waals surface area (Å²) in [4.78, 5) is 24.6. The standard InChI is InChI=1S/C22H24N6O4S/c1-15-6-7-19(28-14-23-25-26-28)13-21(15)24-22(30)17-8-10-27(11-9-17)33(31,32)20-5-3-4-18(12-20)16(2)29/h3-7,12-14,17H,8-11H2,1-2H3,(H,24,30). The molecule has 1 fully saturated rings. The molecule has 2 aromatic carbocycles. The Morgan fingerprint density at radius 3 is 2.52 bits per heavy atom. The molecular weight excluding hydrogens is 444 g/mol. The molecule has 0 radical (unpaired) electrons. The monoisotopic (exact) mass is 468 g/mol. The predicted molar refractivity (Wildman–Crippen MR) is 120 cm³/mol. The Morgan fingerprint density at radius 1 is 1.09 bits per heavy atom. The molecule has 0 saturated carbocycles. The highest BCUT2D eigenvalue weighted by Gasteiger charge is 2.32. The first-order valence-corrected chi connectivity index (χ1v) is 12.0. The number of ketones is 1. The SMILES string of the molecule is CC(=O)c1cccc(S(=O)(=O)N2CCC(C(=O)Nc3cc(-n4cnnn4)ccc3C)CC2)c1. The van der Waals surface area contributed by atoms with Gasteiger partial charge >= 0.3 is 0 Å². The van der Waals surface area contributed by atoms with Gasteiger partial charge in [0.25, 0.3) is 0 Å². The number of aromatic nitrogens is 4. The van der Waals surface area contributed by atoms with E-state index in [4.69, 9.17) is 0 Å². The van der Waals surface area contributed by atoms with Gasteiger partial charge in [-0.15, -0.1) is 5.10 Å². The summed E-state index contributed by atoms with van der Waals surface area (Å²) in [6.45, 7) is 3.75. The van der Waals surface area contributed by atoms with Gasteiger partial charge in [-0.05, 0) is 66.9 Å². The summed E-state index contributed by atoms with van der Waals surface area (Å²) in [6, 6.07) is 11.6.